The van der Waals surface area contributed by atoms with Gasteiger partial charge in [0.05, 0.1) is 12.2 Å². The Morgan fingerprint density at radius 1 is 1.39 bits per heavy atom. The Morgan fingerprint density at radius 2 is 2.11 bits per heavy atom. The SMILES string of the molecule is Cn1nccc1CNC(=O)C(Cl)c1ccccc1. The molecule has 2 rings (SSSR count). The summed E-state index contributed by atoms with van der Waals surface area (Å²) in [5, 5.41) is 6.16. The Morgan fingerprint density at radius 3 is 2.72 bits per heavy atom. The number of nitrogens with one attached hydrogen (secondary N) is 1. The highest BCUT2D eigenvalue weighted by atomic mass is 35.5. The third kappa shape index (κ3) is 2.90. The van der Waals surface area contributed by atoms with Crippen LogP contribution in [0.2, 0.25) is 0 Å². The second-order valence-corrected chi connectivity index (χ2v) is 4.37. The molecule has 1 N–H and O–H groups in total. The lowest BCUT2D eigenvalue weighted by molar-refractivity contribution is -0.121. The fraction of sp³-hybridized carbons (Fsp3) is 0.231. The van der Waals surface area contributed by atoms with Crippen LogP contribution in [0.5, 0.6) is 0 Å². The van der Waals surface area contributed by atoms with Crippen LogP contribution in [0.4, 0.5) is 0 Å². The number of hydrogen-bond acceptors (Lipinski definition) is 2. The van der Waals surface area contributed by atoms with Gasteiger partial charge < -0.3 is 5.32 Å². The van der Waals surface area contributed by atoms with Crippen molar-refractivity contribution >= 4 is 17.5 Å². The van der Waals surface area contributed by atoms with E-state index >= 15 is 0 Å². The fourth-order valence-electron chi connectivity index (χ4n) is 1.62. The Bertz CT molecular complexity index is 524. The molecule has 1 aromatic carbocycles. The molecule has 0 aliphatic heterocycles. The highest BCUT2D eigenvalue weighted by molar-refractivity contribution is 6.30. The molecule has 1 unspecified atom stereocenters. The first-order valence-corrected chi connectivity index (χ1v) is 6.05. The maximum atomic E-state index is 11.9. The van der Waals surface area contributed by atoms with E-state index in [0.717, 1.165) is 11.3 Å². The Balaban J connectivity index is 1.95. The molecule has 0 radical (unpaired) electrons. The summed E-state index contributed by atoms with van der Waals surface area (Å²) in [5.41, 5.74) is 1.72. The number of carbonyl (C=O) groups is 1. The van der Waals surface area contributed by atoms with E-state index in [1.165, 1.54) is 0 Å². The second kappa shape index (κ2) is 5.69. The molecule has 0 saturated carbocycles. The highest BCUT2D eigenvalue weighted by Crippen LogP contribution is 2.19. The van der Waals surface area contributed by atoms with Gasteiger partial charge in [-0.1, -0.05) is 30.3 Å². The lowest BCUT2D eigenvalue weighted by Crippen LogP contribution is -2.27. The zero-order valence-corrected chi connectivity index (χ0v) is 10.8. The molecule has 1 amide bonds. The minimum Gasteiger partial charge on any atom is -0.349 e. The molecule has 0 aliphatic carbocycles. The van der Waals surface area contributed by atoms with E-state index in [1.807, 2.05) is 43.4 Å². The first-order chi connectivity index (χ1) is 8.68. The van der Waals surface area contributed by atoms with Crippen LogP contribution in [0.25, 0.3) is 0 Å². The summed E-state index contributed by atoms with van der Waals surface area (Å²) in [4.78, 5) is 11.9. The van der Waals surface area contributed by atoms with Crippen molar-refractivity contribution in [1.29, 1.82) is 0 Å². The van der Waals surface area contributed by atoms with Crippen molar-refractivity contribution in [3.63, 3.8) is 0 Å². The number of hydrogen-bond donors (Lipinski definition) is 1. The average Bonchev–Trinajstić information content (AvgIpc) is 2.81. The number of carbonyl (C=O) groups excluding carboxylic acids is 1. The fourth-order valence-corrected chi connectivity index (χ4v) is 1.84. The van der Waals surface area contributed by atoms with E-state index in [9.17, 15) is 4.79 Å². The van der Waals surface area contributed by atoms with Gasteiger partial charge in [-0.3, -0.25) is 9.48 Å². The summed E-state index contributed by atoms with van der Waals surface area (Å²) in [6.07, 6.45) is 1.69. The summed E-state index contributed by atoms with van der Waals surface area (Å²) in [5.74, 6) is -0.205. The minimum absolute atomic E-state index is 0.205. The average molecular weight is 264 g/mol. The number of alkyl halides is 1. The van der Waals surface area contributed by atoms with Gasteiger partial charge in [0.25, 0.3) is 0 Å². The van der Waals surface area contributed by atoms with Crippen molar-refractivity contribution in [3.05, 3.63) is 53.9 Å². The van der Waals surface area contributed by atoms with Gasteiger partial charge in [0.1, 0.15) is 5.38 Å². The van der Waals surface area contributed by atoms with Crippen LogP contribution in [-0.4, -0.2) is 15.7 Å². The predicted molar refractivity (Wildman–Crippen MR) is 70.1 cm³/mol. The summed E-state index contributed by atoms with van der Waals surface area (Å²) in [7, 11) is 1.83. The van der Waals surface area contributed by atoms with E-state index in [0.29, 0.717) is 6.54 Å². The monoisotopic (exact) mass is 263 g/mol. The van der Waals surface area contributed by atoms with Gasteiger partial charge in [-0.2, -0.15) is 5.10 Å². The van der Waals surface area contributed by atoms with Gasteiger partial charge in [-0.05, 0) is 11.6 Å². The molecule has 5 heteroatoms. The lowest BCUT2D eigenvalue weighted by atomic mass is 10.1. The number of halogens is 1. The molecule has 1 aromatic heterocycles. The first-order valence-electron chi connectivity index (χ1n) is 5.62. The van der Waals surface area contributed by atoms with Crippen LogP contribution >= 0.6 is 11.6 Å². The van der Waals surface area contributed by atoms with Gasteiger partial charge in [0, 0.05) is 13.2 Å². The van der Waals surface area contributed by atoms with E-state index < -0.39 is 5.38 Å². The minimum atomic E-state index is -0.667. The molecule has 18 heavy (non-hydrogen) atoms. The van der Waals surface area contributed by atoms with Crippen LogP contribution in [0, 0.1) is 0 Å². The van der Waals surface area contributed by atoms with Crippen LogP contribution < -0.4 is 5.32 Å². The number of amides is 1. The standard InChI is InChI=1S/C13H14ClN3O/c1-17-11(7-8-16-17)9-15-13(18)12(14)10-5-3-2-4-6-10/h2-8,12H,9H2,1H3,(H,15,18). The molecule has 2 aromatic rings. The Kier molecular flexibility index (Phi) is 3.99. The number of nitrogens with zero attached hydrogens (tertiary/aromatic N) is 2. The van der Waals surface area contributed by atoms with Crippen LogP contribution in [-0.2, 0) is 18.4 Å². The highest BCUT2D eigenvalue weighted by Gasteiger charge is 2.16. The zero-order chi connectivity index (χ0) is 13.0. The largest absolute Gasteiger partial charge is 0.349 e. The molecule has 0 spiro atoms. The molecule has 0 fully saturated rings. The Hall–Kier alpha value is -1.81. The third-order valence-corrected chi connectivity index (χ3v) is 3.14. The van der Waals surface area contributed by atoms with Gasteiger partial charge in [-0.15, -0.1) is 11.6 Å². The van der Waals surface area contributed by atoms with E-state index in [4.69, 9.17) is 11.6 Å². The normalized spacial score (nSPS) is 12.1. The molecule has 0 bridgehead atoms. The van der Waals surface area contributed by atoms with Crippen molar-refractivity contribution < 1.29 is 4.79 Å². The predicted octanol–water partition coefficient (Wildman–Crippen LogP) is 2.02. The van der Waals surface area contributed by atoms with Gasteiger partial charge in [0.2, 0.25) is 5.91 Å². The summed E-state index contributed by atoms with van der Waals surface area (Å²) in [6, 6.07) is 11.1. The number of rotatable bonds is 4. The number of aromatic nitrogens is 2. The topological polar surface area (TPSA) is 46.9 Å². The maximum Gasteiger partial charge on any atom is 0.242 e. The van der Waals surface area contributed by atoms with Gasteiger partial charge >= 0.3 is 0 Å². The van der Waals surface area contributed by atoms with Crippen molar-refractivity contribution in [2.45, 2.75) is 11.9 Å². The molecule has 94 valence electrons. The van der Waals surface area contributed by atoms with Crippen molar-refractivity contribution in [1.82, 2.24) is 15.1 Å². The third-order valence-electron chi connectivity index (χ3n) is 2.69. The molecule has 1 heterocycles. The van der Waals surface area contributed by atoms with Crippen LogP contribution in [0.1, 0.15) is 16.6 Å². The number of benzene rings is 1. The quantitative estimate of drug-likeness (QED) is 0.858. The molecule has 0 aliphatic rings. The van der Waals surface area contributed by atoms with E-state index in [1.54, 1.807) is 10.9 Å². The van der Waals surface area contributed by atoms with Crippen LogP contribution in [0.15, 0.2) is 42.6 Å². The van der Waals surface area contributed by atoms with Crippen molar-refractivity contribution in [2.75, 3.05) is 0 Å². The van der Waals surface area contributed by atoms with Gasteiger partial charge in [-0.25, -0.2) is 0 Å². The number of aryl methyl sites for hydroxylation is 1. The summed E-state index contributed by atoms with van der Waals surface area (Å²) < 4.78 is 1.71. The Labute approximate surface area is 111 Å². The smallest absolute Gasteiger partial charge is 0.242 e. The summed E-state index contributed by atoms with van der Waals surface area (Å²) >= 11 is 6.10. The molecular formula is C13H14ClN3O. The molecular weight excluding hydrogens is 250 g/mol. The molecule has 4 nitrogen and oxygen atoms in total. The second-order valence-electron chi connectivity index (χ2n) is 3.94. The summed E-state index contributed by atoms with van der Waals surface area (Å²) in [6.45, 7) is 0.422. The van der Waals surface area contributed by atoms with Crippen molar-refractivity contribution in [3.8, 4) is 0 Å². The first kappa shape index (κ1) is 12.6. The zero-order valence-electron chi connectivity index (χ0n) is 10.0. The van der Waals surface area contributed by atoms with Crippen molar-refractivity contribution in [2.24, 2.45) is 7.05 Å². The lowest BCUT2D eigenvalue weighted by Gasteiger charge is -2.10. The van der Waals surface area contributed by atoms with Crippen LogP contribution in [0.3, 0.4) is 0 Å². The van der Waals surface area contributed by atoms with E-state index in [-0.39, 0.29) is 5.91 Å². The van der Waals surface area contributed by atoms with E-state index in [2.05, 4.69) is 10.4 Å². The molecule has 1 atom stereocenters. The molecule has 0 saturated heterocycles. The maximum absolute atomic E-state index is 11.9. The van der Waals surface area contributed by atoms with Gasteiger partial charge in [0.15, 0.2) is 0 Å².